The van der Waals surface area contributed by atoms with Crippen LogP contribution in [0.3, 0.4) is 0 Å². The van der Waals surface area contributed by atoms with Crippen molar-refractivity contribution >= 4 is 21.8 Å². The van der Waals surface area contributed by atoms with Crippen LogP contribution in [0.25, 0.3) is 21.8 Å². The van der Waals surface area contributed by atoms with Crippen LogP contribution in [0.2, 0.25) is 0 Å². The fourth-order valence-electron chi connectivity index (χ4n) is 4.15. The normalized spacial score (nSPS) is 17.2. The van der Waals surface area contributed by atoms with Gasteiger partial charge < -0.3 is 10.3 Å². The Bertz CT molecular complexity index is 1030. The molecule has 2 aromatic carbocycles. The molecule has 1 unspecified atom stereocenters. The van der Waals surface area contributed by atoms with Crippen LogP contribution in [0.1, 0.15) is 35.7 Å². The van der Waals surface area contributed by atoms with Crippen molar-refractivity contribution in [1.82, 2.24) is 20.5 Å². The van der Waals surface area contributed by atoms with Gasteiger partial charge in [0.15, 0.2) is 0 Å². The third-order valence-electron chi connectivity index (χ3n) is 5.43. The molecule has 4 aromatic rings. The molecule has 126 valence electrons. The molecule has 3 N–H and O–H groups in total. The zero-order chi connectivity index (χ0) is 16.6. The summed E-state index contributed by atoms with van der Waals surface area (Å²) in [4.78, 5) is 3.66. The maximum absolute atomic E-state index is 4.10. The Morgan fingerprint density at radius 1 is 1.12 bits per heavy atom. The van der Waals surface area contributed by atoms with Crippen LogP contribution in [0.15, 0.2) is 48.7 Å². The van der Waals surface area contributed by atoms with Crippen molar-refractivity contribution in [3.8, 4) is 0 Å². The summed E-state index contributed by atoms with van der Waals surface area (Å²) in [7, 11) is 0. The predicted octanol–water partition coefficient (Wildman–Crippen LogP) is 4.25. The second-order valence-electron chi connectivity index (χ2n) is 7.00. The second kappa shape index (κ2) is 6.05. The lowest BCUT2D eigenvalue weighted by molar-refractivity contribution is 0.456. The van der Waals surface area contributed by atoms with E-state index in [1.165, 1.54) is 52.4 Å². The summed E-state index contributed by atoms with van der Waals surface area (Å²) in [6.07, 6.45) is 6.55. The molecule has 0 bridgehead atoms. The topological polar surface area (TPSA) is 56.5 Å². The Morgan fingerprint density at radius 3 is 3.08 bits per heavy atom. The van der Waals surface area contributed by atoms with E-state index in [4.69, 9.17) is 0 Å². The zero-order valence-electron chi connectivity index (χ0n) is 14.2. The third kappa shape index (κ3) is 2.63. The summed E-state index contributed by atoms with van der Waals surface area (Å²) in [5.74, 6) is 0. The molecule has 0 spiro atoms. The van der Waals surface area contributed by atoms with Crippen molar-refractivity contribution in [3.63, 3.8) is 0 Å². The minimum Gasteiger partial charge on any atom is -0.357 e. The summed E-state index contributed by atoms with van der Waals surface area (Å²) in [5, 5.41) is 13.5. The van der Waals surface area contributed by atoms with Crippen LogP contribution in [-0.2, 0) is 12.8 Å². The largest absolute Gasteiger partial charge is 0.357 e. The molecule has 4 heteroatoms. The molecule has 5 rings (SSSR count). The molecule has 0 saturated heterocycles. The number of nitrogens with zero attached hydrogens (tertiary/aromatic N) is 1. The van der Waals surface area contributed by atoms with E-state index in [0.29, 0.717) is 6.04 Å². The molecule has 0 aliphatic heterocycles. The molecule has 1 aliphatic carbocycles. The zero-order valence-corrected chi connectivity index (χ0v) is 14.2. The molecule has 0 fully saturated rings. The number of para-hydroxylation sites is 1. The summed E-state index contributed by atoms with van der Waals surface area (Å²) >= 11 is 0. The van der Waals surface area contributed by atoms with E-state index in [2.05, 4.69) is 63.0 Å². The number of H-pyrrole nitrogens is 2. The number of aryl methyl sites for hydroxylation is 1. The number of nitrogens with one attached hydrogen (secondary N) is 3. The lowest BCUT2D eigenvalue weighted by atomic mass is 9.91. The first-order valence-corrected chi connectivity index (χ1v) is 9.13. The highest BCUT2D eigenvalue weighted by atomic mass is 15.1. The fourth-order valence-corrected chi connectivity index (χ4v) is 4.15. The number of rotatable bonds is 4. The van der Waals surface area contributed by atoms with Gasteiger partial charge in [0, 0.05) is 28.0 Å². The van der Waals surface area contributed by atoms with Crippen molar-refractivity contribution < 1.29 is 0 Å². The molecule has 0 radical (unpaired) electrons. The number of hydrogen-bond donors (Lipinski definition) is 3. The van der Waals surface area contributed by atoms with Crippen LogP contribution in [0, 0.1) is 0 Å². The van der Waals surface area contributed by atoms with E-state index in [-0.39, 0.29) is 0 Å². The van der Waals surface area contributed by atoms with Gasteiger partial charge in [-0.2, -0.15) is 5.10 Å². The lowest BCUT2D eigenvalue weighted by Gasteiger charge is -2.24. The second-order valence-corrected chi connectivity index (χ2v) is 7.00. The Balaban J connectivity index is 1.32. The van der Waals surface area contributed by atoms with Crippen molar-refractivity contribution in [1.29, 1.82) is 0 Å². The van der Waals surface area contributed by atoms with Gasteiger partial charge in [-0.1, -0.05) is 30.3 Å². The number of benzene rings is 2. The van der Waals surface area contributed by atoms with E-state index < -0.39 is 0 Å². The maximum atomic E-state index is 4.10. The van der Waals surface area contributed by atoms with Gasteiger partial charge in [0.05, 0.1) is 11.7 Å². The number of fused-ring (bicyclic) bond motifs is 4. The van der Waals surface area contributed by atoms with Crippen LogP contribution < -0.4 is 5.32 Å². The van der Waals surface area contributed by atoms with Gasteiger partial charge in [-0.3, -0.25) is 5.10 Å². The van der Waals surface area contributed by atoms with E-state index in [1.807, 2.05) is 6.20 Å². The van der Waals surface area contributed by atoms with Gasteiger partial charge in [-0.25, -0.2) is 0 Å². The molecule has 1 aliphatic rings. The first-order chi connectivity index (χ1) is 12.4. The minimum absolute atomic E-state index is 0.437. The first kappa shape index (κ1) is 14.7. The number of aromatic amines is 2. The third-order valence-corrected chi connectivity index (χ3v) is 5.43. The van der Waals surface area contributed by atoms with Gasteiger partial charge in [0.25, 0.3) is 0 Å². The van der Waals surface area contributed by atoms with Crippen molar-refractivity contribution in [2.75, 3.05) is 6.54 Å². The highest BCUT2D eigenvalue weighted by molar-refractivity contribution is 5.85. The molecule has 0 amide bonds. The smallest absolute Gasteiger partial charge is 0.0653 e. The maximum Gasteiger partial charge on any atom is 0.0653 e. The van der Waals surface area contributed by atoms with Gasteiger partial charge >= 0.3 is 0 Å². The van der Waals surface area contributed by atoms with E-state index in [9.17, 15) is 0 Å². The van der Waals surface area contributed by atoms with E-state index >= 15 is 0 Å². The molecule has 25 heavy (non-hydrogen) atoms. The molecule has 2 aromatic heterocycles. The molecule has 4 nitrogen and oxygen atoms in total. The standard InChI is InChI=1S/C21H22N4/c1-2-6-18-16(4-1)17-5-3-7-19(21(17)24-18)22-11-10-14-8-9-15-13-23-25-20(15)12-14/h1-2,4,6,8-9,12-13,19,22,24H,3,5,7,10-11H2,(H,23,25). The highest BCUT2D eigenvalue weighted by Crippen LogP contribution is 2.34. The van der Waals surface area contributed by atoms with Gasteiger partial charge in [0.2, 0.25) is 0 Å². The highest BCUT2D eigenvalue weighted by Gasteiger charge is 2.23. The average Bonchev–Trinajstić information content (AvgIpc) is 3.26. The predicted molar refractivity (Wildman–Crippen MR) is 102 cm³/mol. The lowest BCUT2D eigenvalue weighted by Crippen LogP contribution is -2.27. The minimum atomic E-state index is 0.437. The van der Waals surface area contributed by atoms with Crippen LogP contribution in [0.5, 0.6) is 0 Å². The van der Waals surface area contributed by atoms with Crippen LogP contribution >= 0.6 is 0 Å². The average molecular weight is 330 g/mol. The Labute approximate surface area is 146 Å². The molecule has 1 atom stereocenters. The van der Waals surface area contributed by atoms with Gasteiger partial charge in [-0.15, -0.1) is 0 Å². The molecular formula is C21H22N4. The molecule has 2 heterocycles. The Hall–Kier alpha value is -2.59. The first-order valence-electron chi connectivity index (χ1n) is 9.13. The quantitative estimate of drug-likeness (QED) is 0.524. The van der Waals surface area contributed by atoms with Crippen LogP contribution in [-0.4, -0.2) is 21.7 Å². The number of hydrogen-bond acceptors (Lipinski definition) is 2. The van der Waals surface area contributed by atoms with E-state index in [1.54, 1.807) is 0 Å². The summed E-state index contributed by atoms with van der Waals surface area (Å²) in [6.45, 7) is 0.985. The monoisotopic (exact) mass is 330 g/mol. The van der Waals surface area contributed by atoms with Gasteiger partial charge in [0.1, 0.15) is 0 Å². The summed E-state index contributed by atoms with van der Waals surface area (Å²) in [6, 6.07) is 15.7. The Kier molecular flexibility index (Phi) is 3.56. The molecule has 0 saturated carbocycles. The van der Waals surface area contributed by atoms with Crippen molar-refractivity contribution in [2.24, 2.45) is 0 Å². The van der Waals surface area contributed by atoms with Gasteiger partial charge in [-0.05, 0) is 55.5 Å². The Morgan fingerprint density at radius 2 is 2.08 bits per heavy atom. The summed E-state index contributed by atoms with van der Waals surface area (Å²) in [5.41, 5.74) is 6.64. The fraction of sp³-hybridized carbons (Fsp3) is 0.286. The summed E-state index contributed by atoms with van der Waals surface area (Å²) < 4.78 is 0. The van der Waals surface area contributed by atoms with Crippen LogP contribution in [0.4, 0.5) is 0 Å². The van der Waals surface area contributed by atoms with Crippen molar-refractivity contribution in [3.05, 3.63) is 65.5 Å². The van der Waals surface area contributed by atoms with E-state index in [0.717, 1.165) is 18.5 Å². The number of aromatic nitrogens is 3. The van der Waals surface area contributed by atoms with Crippen molar-refractivity contribution in [2.45, 2.75) is 31.7 Å². The SMILES string of the molecule is c1ccc2c3c([nH]c2c1)C(NCCc1ccc2cn[nH]c2c1)CCC3. The molecular weight excluding hydrogens is 308 g/mol.